The maximum absolute atomic E-state index is 12.4. The highest BCUT2D eigenvalue weighted by atomic mass is 16.5. The molecule has 2 unspecified atom stereocenters. The summed E-state index contributed by atoms with van der Waals surface area (Å²) in [5.41, 5.74) is 0.143. The van der Waals surface area contributed by atoms with Crippen LogP contribution in [-0.2, 0) is 14.3 Å². The number of carbonyl (C=O) groups excluding carboxylic acids is 2. The number of morpholine rings is 1. The van der Waals surface area contributed by atoms with Gasteiger partial charge in [0.15, 0.2) is 11.5 Å². The highest BCUT2D eigenvalue weighted by Crippen LogP contribution is 2.37. The Morgan fingerprint density at radius 1 is 1.39 bits per heavy atom. The van der Waals surface area contributed by atoms with Gasteiger partial charge in [0.05, 0.1) is 26.4 Å². The van der Waals surface area contributed by atoms with Gasteiger partial charge in [-0.1, -0.05) is 11.6 Å². The van der Waals surface area contributed by atoms with Crippen molar-refractivity contribution in [1.29, 1.82) is 0 Å². The number of hydrogen-bond acceptors (Lipinski definition) is 7. The second-order valence-electron chi connectivity index (χ2n) is 6.02. The first kappa shape index (κ1) is 16.1. The predicted molar refractivity (Wildman–Crippen MR) is 79.9 cm³/mol. The maximum atomic E-state index is 12.4. The van der Waals surface area contributed by atoms with Crippen LogP contribution in [0.1, 0.15) is 48.0 Å². The van der Waals surface area contributed by atoms with E-state index in [-0.39, 0.29) is 23.4 Å². The van der Waals surface area contributed by atoms with Crippen LogP contribution in [0.3, 0.4) is 0 Å². The lowest BCUT2D eigenvalue weighted by Gasteiger charge is -2.38. The highest BCUT2D eigenvalue weighted by molar-refractivity contribution is 5.87. The minimum Gasteiger partial charge on any atom is -0.464 e. The normalized spacial score (nSPS) is 24.4. The number of methoxy groups -OCH3 is 1. The number of ketones is 1. The van der Waals surface area contributed by atoms with Crippen LogP contribution in [-0.4, -0.2) is 55.2 Å². The molecule has 0 amide bonds. The van der Waals surface area contributed by atoms with E-state index < -0.39 is 5.97 Å². The number of carbonyl (C=O) groups is 2. The van der Waals surface area contributed by atoms with E-state index in [0.717, 1.165) is 32.4 Å². The van der Waals surface area contributed by atoms with Crippen molar-refractivity contribution in [3.05, 3.63) is 17.5 Å². The van der Waals surface area contributed by atoms with Crippen molar-refractivity contribution in [2.45, 2.75) is 31.7 Å². The molecule has 2 fully saturated rings. The third-order valence-corrected chi connectivity index (χ3v) is 4.64. The summed E-state index contributed by atoms with van der Waals surface area (Å²) < 4.78 is 15.5. The van der Waals surface area contributed by atoms with E-state index in [1.165, 1.54) is 7.11 Å². The molecular weight excluding hydrogens is 300 g/mol. The number of esters is 1. The van der Waals surface area contributed by atoms with Crippen molar-refractivity contribution in [2.24, 2.45) is 5.92 Å². The van der Waals surface area contributed by atoms with Crippen LogP contribution < -0.4 is 0 Å². The summed E-state index contributed by atoms with van der Waals surface area (Å²) in [7, 11) is 1.31. The van der Waals surface area contributed by atoms with Gasteiger partial charge in [-0.15, -0.1) is 0 Å². The second kappa shape index (κ2) is 7.23. The molecule has 1 saturated carbocycles. The minimum atomic E-state index is -0.532. The summed E-state index contributed by atoms with van der Waals surface area (Å²) >= 11 is 0. The lowest BCUT2D eigenvalue weighted by atomic mass is 9.81. The topological polar surface area (TPSA) is 81.9 Å². The molecule has 2 heterocycles. The van der Waals surface area contributed by atoms with Gasteiger partial charge in [0.1, 0.15) is 5.78 Å². The lowest BCUT2D eigenvalue weighted by molar-refractivity contribution is -0.128. The van der Waals surface area contributed by atoms with Gasteiger partial charge in [-0.05, 0) is 12.8 Å². The van der Waals surface area contributed by atoms with Crippen LogP contribution in [0.25, 0.3) is 0 Å². The first-order valence-electron chi connectivity index (χ1n) is 8.10. The monoisotopic (exact) mass is 322 g/mol. The molecule has 2 aliphatic rings. The van der Waals surface area contributed by atoms with Gasteiger partial charge in [-0.2, -0.15) is 0 Å². The van der Waals surface area contributed by atoms with Crippen molar-refractivity contribution in [1.82, 2.24) is 10.1 Å². The Hall–Kier alpha value is -1.73. The molecule has 126 valence electrons. The summed E-state index contributed by atoms with van der Waals surface area (Å²) in [6, 6.07) is 1.42. The van der Waals surface area contributed by atoms with Gasteiger partial charge < -0.3 is 14.0 Å². The lowest BCUT2D eigenvalue weighted by Crippen LogP contribution is -2.44. The summed E-state index contributed by atoms with van der Waals surface area (Å²) in [5.74, 6) is 0.187. The fourth-order valence-corrected chi connectivity index (χ4v) is 3.46. The summed E-state index contributed by atoms with van der Waals surface area (Å²) in [6.07, 6.45) is 3.45. The Balaban J connectivity index is 1.88. The number of ether oxygens (including phenoxy) is 2. The summed E-state index contributed by atoms with van der Waals surface area (Å²) in [6.45, 7) is 2.75. The SMILES string of the molecule is COC(=O)c1cc(C(C2CCCCC2=O)N2CCOCC2)on1. The molecule has 0 N–H and O–H groups in total. The Kier molecular flexibility index (Phi) is 5.07. The Labute approximate surface area is 134 Å². The number of nitrogens with zero attached hydrogens (tertiary/aromatic N) is 2. The Morgan fingerprint density at radius 2 is 2.17 bits per heavy atom. The smallest absolute Gasteiger partial charge is 0.360 e. The van der Waals surface area contributed by atoms with E-state index in [1.54, 1.807) is 6.07 Å². The van der Waals surface area contributed by atoms with Crippen molar-refractivity contribution in [2.75, 3.05) is 33.4 Å². The third kappa shape index (κ3) is 3.45. The van der Waals surface area contributed by atoms with Gasteiger partial charge in [0, 0.05) is 31.5 Å². The Morgan fingerprint density at radius 3 is 2.87 bits per heavy atom. The molecule has 7 heteroatoms. The molecule has 1 aliphatic heterocycles. The molecular formula is C16H22N2O5. The first-order valence-corrected chi connectivity index (χ1v) is 8.10. The average Bonchev–Trinajstić information content (AvgIpc) is 3.07. The highest BCUT2D eigenvalue weighted by Gasteiger charge is 2.38. The van der Waals surface area contributed by atoms with Gasteiger partial charge in [-0.3, -0.25) is 9.69 Å². The van der Waals surface area contributed by atoms with E-state index in [4.69, 9.17) is 9.26 Å². The molecule has 0 bridgehead atoms. The third-order valence-electron chi connectivity index (χ3n) is 4.64. The van der Waals surface area contributed by atoms with E-state index in [1.807, 2.05) is 0 Å². The zero-order chi connectivity index (χ0) is 16.2. The molecule has 1 aromatic rings. The molecule has 1 saturated heterocycles. The van der Waals surface area contributed by atoms with Gasteiger partial charge in [0.2, 0.25) is 0 Å². The Bertz CT molecular complexity index is 565. The molecule has 1 aliphatic carbocycles. The van der Waals surface area contributed by atoms with E-state index in [0.29, 0.717) is 25.4 Å². The van der Waals surface area contributed by atoms with Crippen LogP contribution in [0, 0.1) is 5.92 Å². The molecule has 2 atom stereocenters. The zero-order valence-corrected chi connectivity index (χ0v) is 13.3. The van der Waals surface area contributed by atoms with Gasteiger partial charge in [0.25, 0.3) is 0 Å². The van der Waals surface area contributed by atoms with Crippen LogP contribution in [0.4, 0.5) is 0 Å². The fraction of sp³-hybridized carbons (Fsp3) is 0.688. The molecule has 1 aromatic heterocycles. The molecule has 23 heavy (non-hydrogen) atoms. The fourth-order valence-electron chi connectivity index (χ4n) is 3.46. The molecule has 0 spiro atoms. The van der Waals surface area contributed by atoms with Crippen molar-refractivity contribution in [3.8, 4) is 0 Å². The number of hydrogen-bond donors (Lipinski definition) is 0. The number of aromatic nitrogens is 1. The molecule has 0 radical (unpaired) electrons. The van der Waals surface area contributed by atoms with Crippen molar-refractivity contribution >= 4 is 11.8 Å². The largest absolute Gasteiger partial charge is 0.464 e. The maximum Gasteiger partial charge on any atom is 0.360 e. The van der Waals surface area contributed by atoms with Crippen LogP contribution in [0.15, 0.2) is 10.6 Å². The van der Waals surface area contributed by atoms with Crippen molar-refractivity contribution < 1.29 is 23.6 Å². The summed E-state index contributed by atoms with van der Waals surface area (Å²) in [5, 5.41) is 3.80. The van der Waals surface area contributed by atoms with Gasteiger partial charge >= 0.3 is 5.97 Å². The quantitative estimate of drug-likeness (QED) is 0.779. The molecule has 3 rings (SSSR count). The first-order chi connectivity index (χ1) is 11.2. The van der Waals surface area contributed by atoms with E-state index >= 15 is 0 Å². The van der Waals surface area contributed by atoms with Crippen LogP contribution in [0.2, 0.25) is 0 Å². The standard InChI is InChI=1S/C16H22N2O5/c1-21-16(20)12-10-14(23-17-12)15(18-6-8-22-9-7-18)11-4-2-3-5-13(11)19/h10-11,15H,2-9H2,1H3. The molecule has 7 nitrogen and oxygen atoms in total. The van der Waals surface area contributed by atoms with Crippen LogP contribution >= 0.6 is 0 Å². The number of rotatable bonds is 4. The van der Waals surface area contributed by atoms with Crippen LogP contribution in [0.5, 0.6) is 0 Å². The van der Waals surface area contributed by atoms with Gasteiger partial charge in [-0.25, -0.2) is 4.79 Å². The minimum absolute atomic E-state index is 0.111. The van der Waals surface area contributed by atoms with E-state index in [9.17, 15) is 9.59 Å². The zero-order valence-electron chi connectivity index (χ0n) is 13.3. The summed E-state index contributed by atoms with van der Waals surface area (Å²) in [4.78, 5) is 26.3. The second-order valence-corrected chi connectivity index (χ2v) is 6.02. The predicted octanol–water partition coefficient (Wildman–Crippen LogP) is 1.59. The van der Waals surface area contributed by atoms with E-state index in [2.05, 4.69) is 14.8 Å². The average molecular weight is 322 g/mol. The number of Topliss-reactive ketones (excluding diaryl/α,β-unsaturated/α-hetero) is 1. The van der Waals surface area contributed by atoms with Crippen molar-refractivity contribution in [3.63, 3.8) is 0 Å². The molecule has 0 aromatic carbocycles.